The monoisotopic (exact) mass is 494 g/mol. The van der Waals surface area contributed by atoms with E-state index in [1.807, 2.05) is 12.1 Å². The molecule has 0 radical (unpaired) electrons. The summed E-state index contributed by atoms with van der Waals surface area (Å²) in [6.07, 6.45) is 4.86. The average molecular weight is 495 g/mol. The number of carbonyl (C=O) groups excluding carboxylic acids is 1. The maximum Gasteiger partial charge on any atom is 0.263 e. The van der Waals surface area contributed by atoms with Gasteiger partial charge in [-0.05, 0) is 75.9 Å². The number of anilines is 1. The molecular formula is C24H28ClFN2O4S. The molecule has 2 aromatic rings. The van der Waals surface area contributed by atoms with Gasteiger partial charge in [0, 0.05) is 36.1 Å². The first-order valence-corrected chi connectivity index (χ1v) is 13.2. The van der Waals surface area contributed by atoms with Crippen molar-refractivity contribution < 1.29 is 22.3 Å². The van der Waals surface area contributed by atoms with Gasteiger partial charge in [0.25, 0.3) is 5.91 Å². The Morgan fingerprint density at radius 3 is 2.27 bits per heavy atom. The average Bonchev–Trinajstić information content (AvgIpc) is 3.00. The number of rotatable bonds is 6. The predicted molar refractivity (Wildman–Crippen MR) is 126 cm³/mol. The molecule has 33 heavy (non-hydrogen) atoms. The predicted octanol–water partition coefficient (Wildman–Crippen LogP) is 4.36. The highest BCUT2D eigenvalue weighted by Crippen LogP contribution is 2.39. The van der Waals surface area contributed by atoms with Gasteiger partial charge in [-0.25, -0.2) is 12.8 Å². The minimum absolute atomic E-state index is 0.0150. The Bertz CT molecular complexity index is 1140. The third-order valence-electron chi connectivity index (χ3n) is 6.44. The molecule has 0 aromatic heterocycles. The van der Waals surface area contributed by atoms with Crippen LogP contribution in [0.4, 0.5) is 10.1 Å². The van der Waals surface area contributed by atoms with Crippen LogP contribution in [-0.4, -0.2) is 44.3 Å². The van der Waals surface area contributed by atoms with Gasteiger partial charge in [0.15, 0.2) is 15.4 Å². The van der Waals surface area contributed by atoms with E-state index in [1.54, 1.807) is 26.0 Å². The number of sulfone groups is 1. The first-order chi connectivity index (χ1) is 15.4. The smallest absolute Gasteiger partial charge is 0.263 e. The van der Waals surface area contributed by atoms with Gasteiger partial charge in [-0.1, -0.05) is 11.6 Å². The van der Waals surface area contributed by atoms with E-state index in [2.05, 4.69) is 10.2 Å². The van der Waals surface area contributed by atoms with E-state index in [1.165, 1.54) is 24.5 Å². The Morgan fingerprint density at radius 2 is 1.73 bits per heavy atom. The third-order valence-corrected chi connectivity index (χ3v) is 7.86. The molecule has 1 unspecified atom stereocenters. The molecular weight excluding hydrogens is 467 g/mol. The zero-order valence-electron chi connectivity index (χ0n) is 18.8. The molecule has 2 heterocycles. The zero-order chi connectivity index (χ0) is 24.0. The van der Waals surface area contributed by atoms with E-state index in [9.17, 15) is 17.6 Å². The van der Waals surface area contributed by atoms with Crippen molar-refractivity contribution in [2.24, 2.45) is 0 Å². The van der Waals surface area contributed by atoms with E-state index in [0.29, 0.717) is 10.6 Å². The Labute approximate surface area is 199 Å². The Morgan fingerprint density at radius 1 is 1.12 bits per heavy atom. The zero-order valence-corrected chi connectivity index (χ0v) is 20.4. The SMILES string of the molecule is CC(C)(Oc1ccc(F)c(Cl)c1)C(=O)NC1C[C@H]2CC[C@@H](C1)N2c1ccc(S(C)(=O)=O)cc1. The number of ether oxygens (including phenoxy) is 1. The lowest BCUT2D eigenvalue weighted by Gasteiger charge is -2.41. The number of amides is 1. The van der Waals surface area contributed by atoms with E-state index >= 15 is 0 Å². The molecule has 0 saturated carbocycles. The van der Waals surface area contributed by atoms with Crippen molar-refractivity contribution in [2.75, 3.05) is 11.2 Å². The van der Waals surface area contributed by atoms with Gasteiger partial charge >= 0.3 is 0 Å². The van der Waals surface area contributed by atoms with Crippen molar-refractivity contribution in [2.45, 2.75) is 68.2 Å². The van der Waals surface area contributed by atoms with Crippen LogP contribution in [0.2, 0.25) is 5.02 Å². The van der Waals surface area contributed by atoms with Crippen LogP contribution in [0.15, 0.2) is 47.4 Å². The lowest BCUT2D eigenvalue weighted by molar-refractivity contribution is -0.135. The van der Waals surface area contributed by atoms with E-state index in [-0.39, 0.29) is 29.1 Å². The number of nitrogens with one attached hydrogen (secondary N) is 1. The van der Waals surface area contributed by atoms with Gasteiger partial charge in [0.1, 0.15) is 11.6 Å². The second-order valence-electron chi connectivity index (χ2n) is 9.39. The summed E-state index contributed by atoms with van der Waals surface area (Å²) >= 11 is 5.82. The van der Waals surface area contributed by atoms with Crippen molar-refractivity contribution >= 4 is 33.0 Å². The fourth-order valence-electron chi connectivity index (χ4n) is 4.82. The third kappa shape index (κ3) is 5.11. The minimum atomic E-state index is -3.23. The van der Waals surface area contributed by atoms with Gasteiger partial charge < -0.3 is 15.0 Å². The maximum absolute atomic E-state index is 13.4. The molecule has 1 amide bonds. The number of carbonyl (C=O) groups is 1. The van der Waals surface area contributed by atoms with Gasteiger partial charge in [-0.3, -0.25) is 4.79 Å². The highest BCUT2D eigenvalue weighted by atomic mass is 35.5. The van der Waals surface area contributed by atoms with Gasteiger partial charge in [-0.15, -0.1) is 0 Å². The topological polar surface area (TPSA) is 75.7 Å². The van der Waals surface area contributed by atoms with E-state index in [0.717, 1.165) is 31.4 Å². The second-order valence-corrected chi connectivity index (χ2v) is 11.8. The van der Waals surface area contributed by atoms with Gasteiger partial charge in [-0.2, -0.15) is 0 Å². The van der Waals surface area contributed by atoms with Crippen LogP contribution >= 0.6 is 11.6 Å². The second kappa shape index (κ2) is 8.80. The Kier molecular flexibility index (Phi) is 6.35. The van der Waals surface area contributed by atoms with Gasteiger partial charge in [0.05, 0.1) is 9.92 Å². The number of halogens is 2. The summed E-state index contributed by atoms with van der Waals surface area (Å²) in [5, 5.41) is 3.07. The molecule has 6 nitrogen and oxygen atoms in total. The quantitative estimate of drug-likeness (QED) is 0.646. The van der Waals surface area contributed by atoms with E-state index < -0.39 is 21.3 Å². The van der Waals surface area contributed by atoms with Crippen LogP contribution in [0.3, 0.4) is 0 Å². The van der Waals surface area contributed by atoms with Crippen molar-refractivity contribution in [1.82, 2.24) is 5.32 Å². The summed E-state index contributed by atoms with van der Waals surface area (Å²) in [4.78, 5) is 15.7. The molecule has 2 aromatic carbocycles. The van der Waals surface area contributed by atoms with E-state index in [4.69, 9.17) is 16.3 Å². The first kappa shape index (κ1) is 23.8. The molecule has 2 fully saturated rings. The maximum atomic E-state index is 13.4. The Hall–Kier alpha value is -2.32. The standard InChI is InChI=1S/C24H28ClFN2O4S/c1-24(2,32-19-8-11-22(26)21(25)14-19)23(29)27-15-12-17-4-5-18(13-15)28(17)16-6-9-20(10-7-16)33(3,30)31/h6-11,14-15,17-18H,4-5,12-13H2,1-3H3,(H,27,29)/t15?,17-,18+. The first-order valence-electron chi connectivity index (χ1n) is 11.0. The molecule has 1 N–H and O–H groups in total. The molecule has 3 atom stereocenters. The van der Waals surface area contributed by atoms with Crippen LogP contribution in [0, 0.1) is 5.82 Å². The molecule has 4 rings (SSSR count). The normalized spacial score (nSPS) is 22.8. The van der Waals surface area contributed by atoms with Crippen LogP contribution in [0.5, 0.6) is 5.75 Å². The fourth-order valence-corrected chi connectivity index (χ4v) is 5.62. The van der Waals surface area contributed by atoms with Crippen molar-refractivity contribution in [3.63, 3.8) is 0 Å². The molecule has 9 heteroatoms. The van der Waals surface area contributed by atoms with Gasteiger partial charge in [0.2, 0.25) is 0 Å². The number of piperidine rings is 1. The van der Waals surface area contributed by atoms with Crippen LogP contribution < -0.4 is 15.0 Å². The summed E-state index contributed by atoms with van der Waals surface area (Å²) in [7, 11) is -3.23. The molecule has 2 aliphatic rings. The summed E-state index contributed by atoms with van der Waals surface area (Å²) in [5.74, 6) is -0.452. The number of hydrogen-bond donors (Lipinski definition) is 1. The van der Waals surface area contributed by atoms with Crippen molar-refractivity contribution in [3.05, 3.63) is 53.3 Å². The van der Waals surface area contributed by atoms with Crippen LogP contribution in [0.1, 0.15) is 39.5 Å². The summed E-state index contributed by atoms with van der Waals surface area (Å²) in [6.45, 7) is 3.35. The van der Waals surface area contributed by atoms with Crippen LogP contribution in [-0.2, 0) is 14.6 Å². The number of fused-ring (bicyclic) bond motifs is 2. The molecule has 0 spiro atoms. The highest BCUT2D eigenvalue weighted by molar-refractivity contribution is 7.90. The molecule has 2 saturated heterocycles. The number of hydrogen-bond acceptors (Lipinski definition) is 5. The lowest BCUT2D eigenvalue weighted by atomic mass is 9.95. The molecule has 178 valence electrons. The fraction of sp³-hybridized carbons (Fsp3) is 0.458. The lowest BCUT2D eigenvalue weighted by Crippen LogP contribution is -2.55. The molecule has 2 bridgehead atoms. The number of nitrogens with zero attached hydrogens (tertiary/aromatic N) is 1. The van der Waals surface area contributed by atoms with Crippen LogP contribution in [0.25, 0.3) is 0 Å². The highest BCUT2D eigenvalue weighted by Gasteiger charge is 2.42. The Balaban J connectivity index is 1.40. The molecule has 2 aliphatic heterocycles. The largest absolute Gasteiger partial charge is 0.478 e. The van der Waals surface area contributed by atoms with Crippen molar-refractivity contribution in [3.8, 4) is 5.75 Å². The van der Waals surface area contributed by atoms with Crippen molar-refractivity contribution in [1.29, 1.82) is 0 Å². The molecule has 0 aliphatic carbocycles. The number of benzene rings is 2. The summed E-state index contributed by atoms with van der Waals surface area (Å²) in [5.41, 5.74) is -0.143. The minimum Gasteiger partial charge on any atom is -0.478 e. The summed E-state index contributed by atoms with van der Waals surface area (Å²) < 4.78 is 42.7. The summed E-state index contributed by atoms with van der Waals surface area (Å²) in [6, 6.07) is 11.6.